The summed E-state index contributed by atoms with van der Waals surface area (Å²) < 4.78 is 11.5. The fraction of sp³-hybridized carbons (Fsp3) is 0.941. The standard InChI is InChI=1S/C17H31NO3/c1-17(2,3)21-16(19)18-12-15(13-18)20-14-10-8-6-4-5-7-9-11-14/h14-15H,4-13H2,1-3H3. The highest BCUT2D eigenvalue weighted by Gasteiger charge is 2.35. The highest BCUT2D eigenvalue weighted by atomic mass is 16.6. The first-order valence-corrected chi connectivity index (χ1v) is 8.57. The largest absolute Gasteiger partial charge is 0.444 e. The summed E-state index contributed by atoms with van der Waals surface area (Å²) in [6.07, 6.45) is 10.8. The summed E-state index contributed by atoms with van der Waals surface area (Å²) in [6.45, 7) is 7.07. The molecule has 0 unspecified atom stereocenters. The van der Waals surface area contributed by atoms with Crippen molar-refractivity contribution < 1.29 is 14.3 Å². The molecule has 1 amide bonds. The van der Waals surface area contributed by atoms with Crippen LogP contribution in [0, 0.1) is 0 Å². The predicted octanol–water partition coefficient (Wildman–Crippen LogP) is 4.13. The van der Waals surface area contributed by atoms with Crippen LogP contribution in [0.5, 0.6) is 0 Å². The van der Waals surface area contributed by atoms with Crippen molar-refractivity contribution in [2.24, 2.45) is 0 Å². The van der Waals surface area contributed by atoms with Gasteiger partial charge < -0.3 is 14.4 Å². The van der Waals surface area contributed by atoms with E-state index < -0.39 is 5.60 Å². The first-order chi connectivity index (χ1) is 9.94. The van der Waals surface area contributed by atoms with Gasteiger partial charge in [0.25, 0.3) is 0 Å². The minimum Gasteiger partial charge on any atom is -0.444 e. The summed E-state index contributed by atoms with van der Waals surface area (Å²) >= 11 is 0. The maximum absolute atomic E-state index is 11.9. The topological polar surface area (TPSA) is 38.8 Å². The van der Waals surface area contributed by atoms with E-state index in [4.69, 9.17) is 9.47 Å². The van der Waals surface area contributed by atoms with Crippen molar-refractivity contribution in [1.82, 2.24) is 4.90 Å². The Morgan fingerprint density at radius 2 is 1.43 bits per heavy atom. The van der Waals surface area contributed by atoms with E-state index >= 15 is 0 Å². The van der Waals surface area contributed by atoms with E-state index in [0.717, 1.165) is 0 Å². The lowest BCUT2D eigenvalue weighted by atomic mass is 10.1. The maximum Gasteiger partial charge on any atom is 0.410 e. The van der Waals surface area contributed by atoms with E-state index in [9.17, 15) is 4.79 Å². The molecular formula is C17H31NO3. The molecule has 1 aliphatic heterocycles. The number of amides is 1. The van der Waals surface area contributed by atoms with Gasteiger partial charge in [0.05, 0.1) is 25.3 Å². The van der Waals surface area contributed by atoms with Gasteiger partial charge in [0, 0.05) is 0 Å². The van der Waals surface area contributed by atoms with Crippen LogP contribution in [0.3, 0.4) is 0 Å². The predicted molar refractivity (Wildman–Crippen MR) is 83.4 cm³/mol. The van der Waals surface area contributed by atoms with Crippen LogP contribution in [0.25, 0.3) is 0 Å². The second-order valence-corrected chi connectivity index (χ2v) is 7.46. The minimum atomic E-state index is -0.416. The number of rotatable bonds is 2. The molecule has 0 aromatic heterocycles. The lowest BCUT2D eigenvalue weighted by Crippen LogP contribution is -2.56. The average Bonchev–Trinajstić information content (AvgIpc) is 2.44. The van der Waals surface area contributed by atoms with E-state index in [0.29, 0.717) is 19.2 Å². The van der Waals surface area contributed by atoms with Crippen molar-refractivity contribution in [1.29, 1.82) is 0 Å². The molecule has 1 aliphatic carbocycles. The van der Waals surface area contributed by atoms with Gasteiger partial charge in [-0.15, -0.1) is 0 Å². The van der Waals surface area contributed by atoms with Crippen LogP contribution in [0.4, 0.5) is 4.79 Å². The summed E-state index contributed by atoms with van der Waals surface area (Å²) in [5.41, 5.74) is -0.416. The van der Waals surface area contributed by atoms with Crippen molar-refractivity contribution in [3.05, 3.63) is 0 Å². The van der Waals surface area contributed by atoms with Gasteiger partial charge in [0.2, 0.25) is 0 Å². The van der Waals surface area contributed by atoms with Gasteiger partial charge in [-0.25, -0.2) is 4.79 Å². The van der Waals surface area contributed by atoms with Crippen LogP contribution in [0.15, 0.2) is 0 Å². The molecule has 0 aromatic rings. The van der Waals surface area contributed by atoms with E-state index in [-0.39, 0.29) is 12.2 Å². The molecule has 122 valence electrons. The van der Waals surface area contributed by atoms with Crippen LogP contribution in [-0.4, -0.2) is 41.9 Å². The van der Waals surface area contributed by atoms with Crippen molar-refractivity contribution in [2.45, 2.75) is 89.9 Å². The fourth-order valence-electron chi connectivity index (χ4n) is 3.00. The molecular weight excluding hydrogens is 266 g/mol. The third-order valence-corrected chi connectivity index (χ3v) is 4.19. The second-order valence-electron chi connectivity index (χ2n) is 7.46. The summed E-state index contributed by atoms with van der Waals surface area (Å²) in [4.78, 5) is 13.6. The summed E-state index contributed by atoms with van der Waals surface area (Å²) in [5.74, 6) is 0. The Bertz CT molecular complexity index is 321. The normalized spacial score (nSPS) is 22.9. The van der Waals surface area contributed by atoms with E-state index in [1.807, 2.05) is 20.8 Å². The monoisotopic (exact) mass is 297 g/mol. The average molecular weight is 297 g/mol. The molecule has 0 radical (unpaired) electrons. The molecule has 0 bridgehead atoms. The van der Waals surface area contributed by atoms with Crippen LogP contribution in [-0.2, 0) is 9.47 Å². The molecule has 4 nitrogen and oxygen atoms in total. The number of likely N-dealkylation sites (tertiary alicyclic amines) is 1. The Morgan fingerprint density at radius 1 is 0.905 bits per heavy atom. The molecule has 4 heteroatoms. The highest BCUT2D eigenvalue weighted by molar-refractivity contribution is 5.69. The van der Waals surface area contributed by atoms with Crippen molar-refractivity contribution in [3.8, 4) is 0 Å². The quantitative estimate of drug-likeness (QED) is 0.769. The number of ether oxygens (including phenoxy) is 2. The Kier molecular flexibility index (Phi) is 5.91. The van der Waals surface area contributed by atoms with Gasteiger partial charge in [0.1, 0.15) is 5.60 Å². The number of nitrogens with zero attached hydrogens (tertiary/aromatic N) is 1. The van der Waals surface area contributed by atoms with Gasteiger partial charge in [-0.05, 0) is 33.6 Å². The van der Waals surface area contributed by atoms with E-state index in [1.165, 1.54) is 51.4 Å². The fourth-order valence-corrected chi connectivity index (χ4v) is 3.00. The summed E-state index contributed by atoms with van der Waals surface area (Å²) in [7, 11) is 0. The number of hydrogen-bond donors (Lipinski definition) is 0. The lowest BCUT2D eigenvalue weighted by Gasteiger charge is -2.41. The molecule has 1 heterocycles. The van der Waals surface area contributed by atoms with Crippen LogP contribution in [0.2, 0.25) is 0 Å². The van der Waals surface area contributed by atoms with E-state index in [2.05, 4.69) is 0 Å². The van der Waals surface area contributed by atoms with Crippen molar-refractivity contribution >= 4 is 6.09 Å². The van der Waals surface area contributed by atoms with Gasteiger partial charge >= 0.3 is 6.09 Å². The van der Waals surface area contributed by atoms with Crippen molar-refractivity contribution in [2.75, 3.05) is 13.1 Å². The first-order valence-electron chi connectivity index (χ1n) is 8.57. The summed E-state index contributed by atoms with van der Waals surface area (Å²) in [6, 6.07) is 0. The maximum atomic E-state index is 11.9. The molecule has 0 atom stereocenters. The van der Waals surface area contributed by atoms with Crippen molar-refractivity contribution in [3.63, 3.8) is 0 Å². The zero-order valence-corrected chi connectivity index (χ0v) is 13.9. The molecule has 2 rings (SSSR count). The Morgan fingerprint density at radius 3 is 1.95 bits per heavy atom. The Balaban J connectivity index is 1.67. The molecule has 0 N–H and O–H groups in total. The molecule has 21 heavy (non-hydrogen) atoms. The minimum absolute atomic E-state index is 0.211. The lowest BCUT2D eigenvalue weighted by molar-refractivity contribution is -0.0974. The van der Waals surface area contributed by atoms with Crippen LogP contribution < -0.4 is 0 Å². The third-order valence-electron chi connectivity index (χ3n) is 4.19. The number of hydrogen-bond acceptors (Lipinski definition) is 3. The number of carbonyl (C=O) groups excluding carboxylic acids is 1. The number of carbonyl (C=O) groups is 1. The Labute approximate surface area is 129 Å². The summed E-state index contributed by atoms with van der Waals surface area (Å²) in [5, 5.41) is 0. The van der Waals surface area contributed by atoms with Gasteiger partial charge in [0.15, 0.2) is 0 Å². The van der Waals surface area contributed by atoms with Gasteiger partial charge in [-0.2, -0.15) is 0 Å². The van der Waals surface area contributed by atoms with E-state index in [1.54, 1.807) is 4.90 Å². The van der Waals surface area contributed by atoms with Gasteiger partial charge in [-0.3, -0.25) is 0 Å². The first kappa shape index (κ1) is 16.6. The molecule has 1 saturated heterocycles. The van der Waals surface area contributed by atoms with Gasteiger partial charge in [-0.1, -0.05) is 38.5 Å². The van der Waals surface area contributed by atoms with Crippen LogP contribution >= 0.6 is 0 Å². The zero-order valence-electron chi connectivity index (χ0n) is 13.9. The molecule has 2 fully saturated rings. The second kappa shape index (κ2) is 7.48. The smallest absolute Gasteiger partial charge is 0.410 e. The Hall–Kier alpha value is -0.770. The van der Waals surface area contributed by atoms with Crippen LogP contribution in [0.1, 0.15) is 72.1 Å². The zero-order chi connectivity index (χ0) is 15.3. The molecule has 1 saturated carbocycles. The molecule has 2 aliphatic rings. The molecule has 0 aromatic carbocycles. The highest BCUT2D eigenvalue weighted by Crippen LogP contribution is 2.24. The SMILES string of the molecule is CC(C)(C)OC(=O)N1CC(OC2CCCCCCCC2)C1. The third kappa shape index (κ3) is 5.85. The molecule has 0 spiro atoms.